The lowest BCUT2D eigenvalue weighted by atomic mass is 10.2. The summed E-state index contributed by atoms with van der Waals surface area (Å²) in [6.45, 7) is 6.12. The molecular weight excluding hydrogens is 416 g/mol. The minimum Gasteiger partial charge on any atom is -0.339 e. The quantitative estimate of drug-likeness (QED) is 0.732. The zero-order valence-electron chi connectivity index (χ0n) is 16.7. The van der Waals surface area contributed by atoms with Crippen LogP contribution in [-0.4, -0.2) is 73.7 Å². The van der Waals surface area contributed by atoms with Crippen LogP contribution in [0, 0.1) is 5.92 Å². The second kappa shape index (κ2) is 8.89. The number of piperazine rings is 1. The number of anilines is 1. The van der Waals surface area contributed by atoms with Crippen molar-refractivity contribution in [2.75, 3.05) is 44.6 Å². The van der Waals surface area contributed by atoms with Gasteiger partial charge in [0.1, 0.15) is 0 Å². The molecule has 1 N–H and O–H groups in total. The van der Waals surface area contributed by atoms with Gasteiger partial charge in [0.05, 0.1) is 15.6 Å². The summed E-state index contributed by atoms with van der Waals surface area (Å²) in [5, 5.41) is 2.98. The average molecular weight is 443 g/mol. The Balaban J connectivity index is 1.67. The molecule has 29 heavy (non-hydrogen) atoms. The first-order valence-corrected chi connectivity index (χ1v) is 11.7. The normalized spacial score (nSPS) is 17.5. The van der Waals surface area contributed by atoms with Crippen LogP contribution in [0.3, 0.4) is 0 Å². The van der Waals surface area contributed by atoms with E-state index in [4.69, 9.17) is 11.6 Å². The zero-order chi connectivity index (χ0) is 21.2. The van der Waals surface area contributed by atoms with Crippen molar-refractivity contribution in [2.45, 2.75) is 31.6 Å². The molecule has 1 saturated carbocycles. The number of urea groups is 1. The van der Waals surface area contributed by atoms with Gasteiger partial charge in [-0.2, -0.15) is 4.31 Å². The highest BCUT2D eigenvalue weighted by Gasteiger charge is 2.35. The van der Waals surface area contributed by atoms with Crippen LogP contribution in [-0.2, 0) is 14.8 Å². The Bertz CT molecular complexity index is 876. The summed E-state index contributed by atoms with van der Waals surface area (Å²) >= 11 is 6.19. The fourth-order valence-electron chi connectivity index (χ4n) is 3.39. The maximum atomic E-state index is 12.7. The van der Waals surface area contributed by atoms with Gasteiger partial charge in [0.15, 0.2) is 0 Å². The van der Waals surface area contributed by atoms with Crippen molar-refractivity contribution >= 4 is 39.2 Å². The standard InChI is InChI=1S/C19H27ClN4O4S/c1-3-24(4-2)29(27,28)15-7-8-16(20)17(13-15)21-19(26)23-11-9-22(10-12-23)18(25)14-5-6-14/h7-8,13-14H,3-6,9-12H2,1-2H3,(H,21,26). The lowest BCUT2D eigenvalue weighted by Crippen LogP contribution is -2.52. The van der Waals surface area contributed by atoms with Crippen LogP contribution in [0.15, 0.2) is 23.1 Å². The van der Waals surface area contributed by atoms with E-state index in [-0.39, 0.29) is 33.5 Å². The zero-order valence-corrected chi connectivity index (χ0v) is 18.3. The van der Waals surface area contributed by atoms with Gasteiger partial charge in [0.25, 0.3) is 0 Å². The molecular formula is C19H27ClN4O4S. The van der Waals surface area contributed by atoms with Crippen LogP contribution in [0.4, 0.5) is 10.5 Å². The molecule has 3 amide bonds. The molecule has 8 nitrogen and oxygen atoms in total. The molecule has 1 aromatic carbocycles. The van der Waals surface area contributed by atoms with Crippen LogP contribution in [0.2, 0.25) is 5.02 Å². The maximum Gasteiger partial charge on any atom is 0.322 e. The predicted molar refractivity (Wildman–Crippen MR) is 111 cm³/mol. The Labute approximate surface area is 176 Å². The van der Waals surface area contributed by atoms with E-state index in [0.717, 1.165) is 12.8 Å². The molecule has 1 aliphatic heterocycles. The summed E-state index contributed by atoms with van der Waals surface area (Å²) in [4.78, 5) is 28.3. The number of carbonyl (C=O) groups is 2. The molecule has 0 radical (unpaired) electrons. The van der Waals surface area contributed by atoms with E-state index < -0.39 is 10.0 Å². The van der Waals surface area contributed by atoms with Crippen molar-refractivity contribution in [3.63, 3.8) is 0 Å². The van der Waals surface area contributed by atoms with E-state index in [1.54, 1.807) is 18.7 Å². The first-order chi connectivity index (χ1) is 13.8. The second-order valence-electron chi connectivity index (χ2n) is 7.25. The third kappa shape index (κ3) is 4.84. The summed E-state index contributed by atoms with van der Waals surface area (Å²) in [5.74, 6) is 0.354. The van der Waals surface area contributed by atoms with Gasteiger partial charge in [0.2, 0.25) is 15.9 Å². The van der Waals surface area contributed by atoms with Gasteiger partial charge in [-0.1, -0.05) is 25.4 Å². The molecule has 1 aliphatic carbocycles. The van der Waals surface area contributed by atoms with Gasteiger partial charge in [0, 0.05) is 45.2 Å². The Hall–Kier alpha value is -1.84. The average Bonchev–Trinajstić information content (AvgIpc) is 3.55. The number of nitrogens with one attached hydrogen (secondary N) is 1. The van der Waals surface area contributed by atoms with Crippen LogP contribution in [0.5, 0.6) is 0 Å². The molecule has 0 unspecified atom stereocenters. The predicted octanol–water partition coefficient (Wildman–Crippen LogP) is 2.46. The highest BCUT2D eigenvalue weighted by Crippen LogP contribution is 2.31. The number of hydrogen-bond acceptors (Lipinski definition) is 4. The molecule has 1 heterocycles. The van der Waals surface area contributed by atoms with Crippen molar-refractivity contribution in [1.29, 1.82) is 0 Å². The first-order valence-electron chi connectivity index (χ1n) is 9.92. The Morgan fingerprint density at radius 3 is 2.24 bits per heavy atom. The summed E-state index contributed by atoms with van der Waals surface area (Å²) in [6, 6.07) is 3.94. The molecule has 3 rings (SSSR count). The summed E-state index contributed by atoms with van der Waals surface area (Å²) in [7, 11) is -3.65. The number of hydrogen-bond donors (Lipinski definition) is 1. The van der Waals surface area contributed by atoms with E-state index in [1.807, 2.05) is 4.90 Å². The molecule has 0 bridgehead atoms. The van der Waals surface area contributed by atoms with E-state index in [0.29, 0.717) is 39.3 Å². The van der Waals surface area contributed by atoms with E-state index in [2.05, 4.69) is 5.32 Å². The molecule has 1 saturated heterocycles. The smallest absolute Gasteiger partial charge is 0.322 e. The number of benzene rings is 1. The number of sulfonamides is 1. The maximum absolute atomic E-state index is 12.7. The molecule has 0 atom stereocenters. The fraction of sp³-hybridized carbons (Fsp3) is 0.579. The van der Waals surface area contributed by atoms with Crippen LogP contribution in [0.25, 0.3) is 0 Å². The number of halogens is 1. The summed E-state index contributed by atoms with van der Waals surface area (Å²) in [5.41, 5.74) is 0.251. The Morgan fingerprint density at radius 1 is 1.10 bits per heavy atom. The second-order valence-corrected chi connectivity index (χ2v) is 9.59. The highest BCUT2D eigenvalue weighted by atomic mass is 35.5. The van der Waals surface area contributed by atoms with Crippen LogP contribution in [0.1, 0.15) is 26.7 Å². The number of carbonyl (C=O) groups excluding carboxylic acids is 2. The summed E-state index contributed by atoms with van der Waals surface area (Å²) in [6.07, 6.45) is 1.93. The van der Waals surface area contributed by atoms with E-state index >= 15 is 0 Å². The van der Waals surface area contributed by atoms with Gasteiger partial charge in [-0.15, -0.1) is 0 Å². The largest absolute Gasteiger partial charge is 0.339 e. The molecule has 2 fully saturated rings. The number of rotatable bonds is 6. The van der Waals surface area contributed by atoms with Crippen molar-refractivity contribution in [3.8, 4) is 0 Å². The molecule has 1 aromatic rings. The Morgan fingerprint density at radius 2 is 1.69 bits per heavy atom. The monoisotopic (exact) mass is 442 g/mol. The number of nitrogens with zero attached hydrogens (tertiary/aromatic N) is 3. The van der Waals surface area contributed by atoms with Gasteiger partial charge in [-0.05, 0) is 31.0 Å². The molecule has 160 valence electrons. The van der Waals surface area contributed by atoms with E-state index in [9.17, 15) is 18.0 Å². The minimum absolute atomic E-state index is 0.0840. The van der Waals surface area contributed by atoms with Crippen molar-refractivity contribution in [2.24, 2.45) is 5.92 Å². The van der Waals surface area contributed by atoms with Crippen LogP contribution < -0.4 is 5.32 Å². The van der Waals surface area contributed by atoms with Crippen molar-refractivity contribution in [1.82, 2.24) is 14.1 Å². The van der Waals surface area contributed by atoms with E-state index in [1.165, 1.54) is 22.5 Å². The third-order valence-electron chi connectivity index (χ3n) is 5.33. The molecule has 0 aromatic heterocycles. The summed E-state index contributed by atoms with van der Waals surface area (Å²) < 4.78 is 26.8. The van der Waals surface area contributed by atoms with Gasteiger partial charge < -0.3 is 15.1 Å². The fourth-order valence-corrected chi connectivity index (χ4v) is 5.04. The SMILES string of the molecule is CCN(CC)S(=O)(=O)c1ccc(Cl)c(NC(=O)N2CCN(C(=O)C3CC3)CC2)c1. The molecule has 10 heteroatoms. The van der Waals surface area contributed by atoms with Gasteiger partial charge in [-0.25, -0.2) is 13.2 Å². The van der Waals surface area contributed by atoms with Gasteiger partial charge in [-0.3, -0.25) is 4.79 Å². The molecule has 2 aliphatic rings. The first kappa shape index (κ1) is 21.9. The Kier molecular flexibility index (Phi) is 6.70. The number of amides is 3. The minimum atomic E-state index is -3.65. The lowest BCUT2D eigenvalue weighted by Gasteiger charge is -2.35. The van der Waals surface area contributed by atoms with Crippen molar-refractivity contribution in [3.05, 3.63) is 23.2 Å². The van der Waals surface area contributed by atoms with Crippen molar-refractivity contribution < 1.29 is 18.0 Å². The van der Waals surface area contributed by atoms with Crippen LogP contribution >= 0.6 is 11.6 Å². The van der Waals surface area contributed by atoms with Gasteiger partial charge >= 0.3 is 6.03 Å². The topological polar surface area (TPSA) is 90.0 Å². The highest BCUT2D eigenvalue weighted by molar-refractivity contribution is 7.89. The molecule has 0 spiro atoms. The lowest BCUT2D eigenvalue weighted by molar-refractivity contribution is -0.133. The third-order valence-corrected chi connectivity index (χ3v) is 7.70.